The number of rotatable bonds is 58. The fourth-order valence-corrected chi connectivity index (χ4v) is 9.90. The average molecular weight is 990 g/mol. The third-order valence-electron chi connectivity index (χ3n) is 15.1. The van der Waals surface area contributed by atoms with Crippen molar-refractivity contribution >= 4 is 17.9 Å². The zero-order chi connectivity index (χ0) is 51.1. The Bertz CT molecular complexity index is 1070. The number of ether oxygens (including phenoxy) is 3. The minimum atomic E-state index is -0.764. The summed E-state index contributed by atoms with van der Waals surface area (Å²) in [7, 11) is 0. The molecule has 0 spiro atoms. The van der Waals surface area contributed by atoms with E-state index in [1.54, 1.807) is 0 Å². The van der Waals surface area contributed by atoms with E-state index in [4.69, 9.17) is 14.2 Å². The zero-order valence-corrected chi connectivity index (χ0v) is 48.2. The molecular formula is C64H124O6. The van der Waals surface area contributed by atoms with Crippen molar-refractivity contribution in [2.45, 2.75) is 368 Å². The van der Waals surface area contributed by atoms with Crippen molar-refractivity contribution in [1.29, 1.82) is 0 Å². The summed E-state index contributed by atoms with van der Waals surface area (Å²) in [6.07, 6.45) is 62.5. The van der Waals surface area contributed by atoms with Gasteiger partial charge >= 0.3 is 17.9 Å². The standard InChI is InChI=1S/C64H124O6/c1-6-8-9-10-11-12-13-14-15-16-17-21-24-27-30-33-39-44-49-54-62(65)68-57-61(70-64(67)56-51-46-41-36-35-37-42-47-52-59(3)4)58-69-63(66)55-50-45-40-34-31-28-25-22-19-18-20-23-26-29-32-38-43-48-53-60(5)7-2/h59-61H,6-58H2,1-5H3/t60?,61-/m0/s1. The molecule has 0 rings (SSSR count). The van der Waals surface area contributed by atoms with Gasteiger partial charge in [-0.25, -0.2) is 0 Å². The molecule has 0 aliphatic heterocycles. The lowest BCUT2D eigenvalue weighted by molar-refractivity contribution is -0.167. The first-order chi connectivity index (χ1) is 34.3. The Labute approximate surface area is 438 Å². The highest BCUT2D eigenvalue weighted by molar-refractivity contribution is 5.71. The van der Waals surface area contributed by atoms with Gasteiger partial charge in [-0.3, -0.25) is 14.4 Å². The lowest BCUT2D eigenvalue weighted by atomic mass is 9.99. The number of hydrogen-bond donors (Lipinski definition) is 0. The van der Waals surface area contributed by atoms with Crippen LogP contribution in [0, 0.1) is 11.8 Å². The normalized spacial score (nSPS) is 12.4. The van der Waals surface area contributed by atoms with Crippen molar-refractivity contribution in [3.05, 3.63) is 0 Å². The lowest BCUT2D eigenvalue weighted by Crippen LogP contribution is -2.30. The number of esters is 3. The summed E-state index contributed by atoms with van der Waals surface area (Å²) in [5, 5.41) is 0. The smallest absolute Gasteiger partial charge is 0.306 e. The molecule has 1 unspecified atom stereocenters. The van der Waals surface area contributed by atoms with Crippen LogP contribution in [0.15, 0.2) is 0 Å². The van der Waals surface area contributed by atoms with Gasteiger partial charge in [-0.1, -0.05) is 324 Å². The molecule has 0 aromatic rings. The topological polar surface area (TPSA) is 78.9 Å². The van der Waals surface area contributed by atoms with Crippen LogP contribution in [-0.2, 0) is 28.6 Å². The molecule has 0 aromatic heterocycles. The molecule has 70 heavy (non-hydrogen) atoms. The van der Waals surface area contributed by atoms with Gasteiger partial charge in [0, 0.05) is 19.3 Å². The molecule has 0 radical (unpaired) electrons. The second-order valence-corrected chi connectivity index (χ2v) is 22.8. The highest BCUT2D eigenvalue weighted by Gasteiger charge is 2.19. The number of carbonyl (C=O) groups excluding carboxylic acids is 3. The van der Waals surface area contributed by atoms with Crippen LogP contribution < -0.4 is 0 Å². The van der Waals surface area contributed by atoms with Crippen LogP contribution in [0.4, 0.5) is 0 Å². The van der Waals surface area contributed by atoms with E-state index in [-0.39, 0.29) is 31.1 Å². The molecule has 0 fully saturated rings. The summed E-state index contributed by atoms with van der Waals surface area (Å²) in [4.78, 5) is 38.2. The van der Waals surface area contributed by atoms with Crippen molar-refractivity contribution < 1.29 is 28.6 Å². The molecule has 0 N–H and O–H groups in total. The maximum absolute atomic E-state index is 12.8. The van der Waals surface area contributed by atoms with Gasteiger partial charge in [0.25, 0.3) is 0 Å². The first-order valence-corrected chi connectivity index (χ1v) is 31.8. The van der Waals surface area contributed by atoms with Gasteiger partial charge in [-0.15, -0.1) is 0 Å². The first-order valence-electron chi connectivity index (χ1n) is 31.8. The van der Waals surface area contributed by atoms with Crippen LogP contribution in [0.3, 0.4) is 0 Å². The van der Waals surface area contributed by atoms with Crippen LogP contribution >= 0.6 is 0 Å². The Morgan fingerprint density at radius 2 is 0.543 bits per heavy atom. The fourth-order valence-electron chi connectivity index (χ4n) is 9.90. The van der Waals surface area contributed by atoms with E-state index >= 15 is 0 Å². The molecule has 0 aliphatic rings. The molecule has 6 nitrogen and oxygen atoms in total. The van der Waals surface area contributed by atoms with Gasteiger partial charge in [-0.2, -0.15) is 0 Å². The molecule has 0 aliphatic carbocycles. The monoisotopic (exact) mass is 989 g/mol. The van der Waals surface area contributed by atoms with E-state index in [0.29, 0.717) is 19.3 Å². The van der Waals surface area contributed by atoms with Gasteiger partial charge in [0.05, 0.1) is 0 Å². The average Bonchev–Trinajstić information content (AvgIpc) is 3.35. The van der Waals surface area contributed by atoms with Gasteiger partial charge in [-0.05, 0) is 31.1 Å². The number of hydrogen-bond acceptors (Lipinski definition) is 6. The molecular weight excluding hydrogens is 865 g/mol. The second-order valence-electron chi connectivity index (χ2n) is 22.8. The number of unbranched alkanes of at least 4 members (excludes halogenated alkanes) is 42. The van der Waals surface area contributed by atoms with Gasteiger partial charge in [0.1, 0.15) is 13.2 Å². The van der Waals surface area contributed by atoms with E-state index in [1.807, 2.05) is 0 Å². The third-order valence-corrected chi connectivity index (χ3v) is 15.1. The summed E-state index contributed by atoms with van der Waals surface area (Å²) in [6.45, 7) is 11.4. The van der Waals surface area contributed by atoms with Crippen molar-refractivity contribution in [2.24, 2.45) is 11.8 Å². The van der Waals surface area contributed by atoms with Gasteiger partial charge in [0.2, 0.25) is 0 Å². The van der Waals surface area contributed by atoms with Gasteiger partial charge in [0.15, 0.2) is 6.10 Å². The summed E-state index contributed by atoms with van der Waals surface area (Å²) in [5.74, 6) is 0.867. The van der Waals surface area contributed by atoms with Gasteiger partial charge < -0.3 is 14.2 Å². The molecule has 0 bridgehead atoms. The van der Waals surface area contributed by atoms with Crippen LogP contribution in [0.5, 0.6) is 0 Å². The van der Waals surface area contributed by atoms with Crippen molar-refractivity contribution in [2.75, 3.05) is 13.2 Å². The van der Waals surface area contributed by atoms with E-state index in [2.05, 4.69) is 34.6 Å². The van der Waals surface area contributed by atoms with E-state index in [1.165, 1.54) is 250 Å². The molecule has 0 saturated heterocycles. The minimum Gasteiger partial charge on any atom is -0.462 e. The highest BCUT2D eigenvalue weighted by atomic mass is 16.6. The van der Waals surface area contributed by atoms with Crippen molar-refractivity contribution in [3.63, 3.8) is 0 Å². The number of carbonyl (C=O) groups is 3. The molecule has 2 atom stereocenters. The lowest BCUT2D eigenvalue weighted by Gasteiger charge is -2.18. The predicted molar refractivity (Wildman–Crippen MR) is 303 cm³/mol. The Morgan fingerprint density at radius 1 is 0.300 bits per heavy atom. The molecule has 6 heteroatoms. The van der Waals surface area contributed by atoms with E-state index in [0.717, 1.165) is 69.6 Å². The molecule has 0 amide bonds. The summed E-state index contributed by atoms with van der Waals surface area (Å²) < 4.78 is 16.9. The maximum atomic E-state index is 12.8. The largest absolute Gasteiger partial charge is 0.462 e. The third kappa shape index (κ3) is 55.7. The van der Waals surface area contributed by atoms with E-state index < -0.39 is 6.10 Å². The summed E-state index contributed by atoms with van der Waals surface area (Å²) >= 11 is 0. The summed E-state index contributed by atoms with van der Waals surface area (Å²) in [6, 6.07) is 0. The summed E-state index contributed by atoms with van der Waals surface area (Å²) in [5.41, 5.74) is 0. The van der Waals surface area contributed by atoms with Crippen molar-refractivity contribution in [1.82, 2.24) is 0 Å². The highest BCUT2D eigenvalue weighted by Crippen LogP contribution is 2.19. The predicted octanol–water partition coefficient (Wildman–Crippen LogP) is 21.2. The van der Waals surface area contributed by atoms with Crippen LogP contribution in [0.2, 0.25) is 0 Å². The first kappa shape index (κ1) is 68.4. The zero-order valence-electron chi connectivity index (χ0n) is 48.2. The minimum absolute atomic E-state index is 0.0628. The second kappa shape index (κ2) is 56.7. The Balaban J connectivity index is 4.18. The SMILES string of the molecule is CCCCCCCCCCCCCCCCCCCCCC(=O)OC[C@@H](COC(=O)CCCCCCCCCCCCCCCCCCCCC(C)CC)OC(=O)CCCCCCCCCCC(C)C. The fraction of sp³-hybridized carbons (Fsp3) is 0.953. The van der Waals surface area contributed by atoms with E-state index in [9.17, 15) is 14.4 Å². The Morgan fingerprint density at radius 3 is 0.814 bits per heavy atom. The molecule has 416 valence electrons. The Kier molecular flexibility index (Phi) is 55.4. The molecule has 0 heterocycles. The van der Waals surface area contributed by atoms with Crippen LogP contribution in [0.25, 0.3) is 0 Å². The van der Waals surface area contributed by atoms with Crippen LogP contribution in [-0.4, -0.2) is 37.2 Å². The maximum Gasteiger partial charge on any atom is 0.306 e. The molecule has 0 saturated carbocycles. The van der Waals surface area contributed by atoms with Crippen LogP contribution in [0.1, 0.15) is 362 Å². The molecule has 0 aromatic carbocycles. The van der Waals surface area contributed by atoms with Crippen molar-refractivity contribution in [3.8, 4) is 0 Å². The quantitative estimate of drug-likeness (QED) is 0.0343. The Hall–Kier alpha value is -1.59.